The van der Waals surface area contributed by atoms with E-state index >= 15 is 0 Å². The molecule has 0 aliphatic heterocycles. The molecule has 1 aromatic carbocycles. The zero-order chi connectivity index (χ0) is 14.5. The number of rotatable bonds is 5. The van der Waals surface area contributed by atoms with Crippen molar-refractivity contribution >= 4 is 50.1 Å². The summed E-state index contributed by atoms with van der Waals surface area (Å²) in [4.78, 5) is 4.04. The van der Waals surface area contributed by atoms with Crippen LogP contribution in [0.2, 0.25) is 5.02 Å². The molecule has 0 spiro atoms. The van der Waals surface area contributed by atoms with Crippen molar-refractivity contribution in [2.45, 2.75) is 19.4 Å². The highest BCUT2D eigenvalue weighted by molar-refractivity contribution is 14.1. The molecule has 106 valence electrons. The zero-order valence-electron chi connectivity index (χ0n) is 11.0. The molecule has 1 N–H and O–H groups in total. The van der Waals surface area contributed by atoms with Crippen LogP contribution in [-0.2, 0) is 6.42 Å². The first kappa shape index (κ1) is 16.2. The van der Waals surface area contributed by atoms with E-state index in [9.17, 15) is 0 Å². The van der Waals surface area contributed by atoms with Crippen molar-refractivity contribution < 1.29 is 0 Å². The van der Waals surface area contributed by atoms with Crippen LogP contribution >= 0.6 is 50.1 Å². The molecule has 2 rings (SSSR count). The first-order chi connectivity index (χ1) is 9.61. The van der Waals surface area contributed by atoms with Gasteiger partial charge < -0.3 is 5.32 Å². The lowest BCUT2D eigenvalue weighted by atomic mass is 9.99. The number of pyridine rings is 1. The van der Waals surface area contributed by atoms with Crippen LogP contribution in [0.15, 0.2) is 41.1 Å². The van der Waals surface area contributed by atoms with E-state index in [-0.39, 0.29) is 6.04 Å². The third kappa shape index (κ3) is 4.16. The number of benzene rings is 1. The Hall–Kier alpha value is -0.170. The Kier molecular flexibility index (Phi) is 6.26. The van der Waals surface area contributed by atoms with E-state index in [1.54, 1.807) is 12.4 Å². The van der Waals surface area contributed by atoms with Gasteiger partial charge in [0, 0.05) is 26.5 Å². The SMILES string of the molecule is CCNC(Cc1ccncc1Cl)c1cc(Br)ccc1I. The average molecular weight is 466 g/mol. The maximum Gasteiger partial charge on any atom is 0.0622 e. The van der Waals surface area contributed by atoms with Crippen molar-refractivity contribution in [3.63, 3.8) is 0 Å². The van der Waals surface area contributed by atoms with Crippen molar-refractivity contribution in [1.82, 2.24) is 10.3 Å². The van der Waals surface area contributed by atoms with E-state index in [2.05, 4.69) is 73.9 Å². The summed E-state index contributed by atoms with van der Waals surface area (Å²) in [6.07, 6.45) is 4.34. The molecule has 2 aromatic rings. The van der Waals surface area contributed by atoms with Gasteiger partial charge >= 0.3 is 0 Å². The monoisotopic (exact) mass is 464 g/mol. The second-order valence-corrected chi connectivity index (χ2v) is 6.93. The van der Waals surface area contributed by atoms with Crippen LogP contribution in [-0.4, -0.2) is 11.5 Å². The van der Waals surface area contributed by atoms with Gasteiger partial charge in [0.05, 0.1) is 5.02 Å². The lowest BCUT2D eigenvalue weighted by Crippen LogP contribution is -2.24. The third-order valence-electron chi connectivity index (χ3n) is 3.06. The normalized spacial score (nSPS) is 12.4. The molecule has 0 aliphatic carbocycles. The van der Waals surface area contributed by atoms with Gasteiger partial charge in [0.2, 0.25) is 0 Å². The maximum atomic E-state index is 6.23. The van der Waals surface area contributed by atoms with Crippen LogP contribution in [0.4, 0.5) is 0 Å². The van der Waals surface area contributed by atoms with E-state index in [1.807, 2.05) is 6.07 Å². The molecule has 0 saturated heterocycles. The third-order valence-corrected chi connectivity index (χ3v) is 4.88. The van der Waals surface area contributed by atoms with Crippen molar-refractivity contribution in [2.75, 3.05) is 6.54 Å². The number of nitrogens with zero attached hydrogens (tertiary/aromatic N) is 1. The van der Waals surface area contributed by atoms with E-state index in [4.69, 9.17) is 11.6 Å². The maximum absolute atomic E-state index is 6.23. The lowest BCUT2D eigenvalue weighted by molar-refractivity contribution is 0.547. The molecule has 0 amide bonds. The van der Waals surface area contributed by atoms with Crippen LogP contribution in [0.3, 0.4) is 0 Å². The van der Waals surface area contributed by atoms with Crippen molar-refractivity contribution in [3.05, 3.63) is 60.9 Å². The molecule has 2 nitrogen and oxygen atoms in total. The summed E-state index contributed by atoms with van der Waals surface area (Å²) >= 11 is 12.2. The van der Waals surface area contributed by atoms with Gasteiger partial charge in [-0.05, 0) is 70.9 Å². The zero-order valence-corrected chi connectivity index (χ0v) is 15.5. The first-order valence-corrected chi connectivity index (χ1v) is 8.63. The van der Waals surface area contributed by atoms with E-state index in [0.29, 0.717) is 0 Å². The fourth-order valence-electron chi connectivity index (χ4n) is 2.11. The van der Waals surface area contributed by atoms with Gasteiger partial charge in [-0.3, -0.25) is 4.98 Å². The number of nitrogens with one attached hydrogen (secondary N) is 1. The highest BCUT2D eigenvalue weighted by Crippen LogP contribution is 2.28. The van der Waals surface area contributed by atoms with E-state index < -0.39 is 0 Å². The van der Waals surface area contributed by atoms with Crippen LogP contribution in [0.1, 0.15) is 24.1 Å². The van der Waals surface area contributed by atoms with Gasteiger partial charge in [-0.2, -0.15) is 0 Å². The first-order valence-electron chi connectivity index (χ1n) is 6.38. The largest absolute Gasteiger partial charge is 0.310 e. The molecule has 1 atom stereocenters. The van der Waals surface area contributed by atoms with Crippen LogP contribution in [0, 0.1) is 3.57 Å². The van der Waals surface area contributed by atoms with Gasteiger partial charge in [0.25, 0.3) is 0 Å². The van der Waals surface area contributed by atoms with Gasteiger partial charge in [-0.15, -0.1) is 0 Å². The molecule has 0 saturated carbocycles. The summed E-state index contributed by atoms with van der Waals surface area (Å²) in [5.41, 5.74) is 2.40. The molecule has 0 radical (unpaired) electrons. The smallest absolute Gasteiger partial charge is 0.0622 e. The Morgan fingerprint density at radius 3 is 2.90 bits per heavy atom. The van der Waals surface area contributed by atoms with Gasteiger partial charge in [0.1, 0.15) is 0 Å². The van der Waals surface area contributed by atoms with E-state index in [1.165, 1.54) is 9.13 Å². The number of halogens is 3. The number of likely N-dealkylation sites (N-methyl/N-ethyl adjacent to an activating group) is 1. The second-order valence-electron chi connectivity index (χ2n) is 4.45. The minimum atomic E-state index is 0.240. The summed E-state index contributed by atoms with van der Waals surface area (Å²) in [6, 6.07) is 8.58. The molecule has 0 bridgehead atoms. The van der Waals surface area contributed by atoms with Gasteiger partial charge in [-0.25, -0.2) is 0 Å². The number of hydrogen-bond donors (Lipinski definition) is 1. The van der Waals surface area contributed by atoms with E-state index in [0.717, 1.165) is 28.0 Å². The predicted octanol–water partition coefficient (Wildman–Crippen LogP) is 5.00. The summed E-state index contributed by atoms with van der Waals surface area (Å²) in [6.45, 7) is 3.03. The van der Waals surface area contributed by atoms with Gasteiger partial charge in [-0.1, -0.05) is 34.5 Å². The minimum absolute atomic E-state index is 0.240. The minimum Gasteiger partial charge on any atom is -0.310 e. The lowest BCUT2D eigenvalue weighted by Gasteiger charge is -2.20. The summed E-state index contributed by atoms with van der Waals surface area (Å²) < 4.78 is 2.35. The molecular formula is C15H15BrClIN2. The summed E-state index contributed by atoms with van der Waals surface area (Å²) in [5, 5.41) is 4.26. The van der Waals surface area contributed by atoms with Gasteiger partial charge in [0.15, 0.2) is 0 Å². The Labute approximate surface area is 146 Å². The molecule has 1 aromatic heterocycles. The Morgan fingerprint density at radius 1 is 1.40 bits per heavy atom. The van der Waals surface area contributed by atoms with Crippen molar-refractivity contribution in [2.24, 2.45) is 0 Å². The standard InChI is InChI=1S/C15H15BrClIN2/c1-2-20-15(7-10-5-6-19-9-13(10)17)12-8-11(16)3-4-14(12)18/h3-6,8-9,15,20H,2,7H2,1H3. The Balaban J connectivity index is 2.32. The van der Waals surface area contributed by atoms with Crippen molar-refractivity contribution in [1.29, 1.82) is 0 Å². The molecule has 0 aliphatic rings. The summed E-state index contributed by atoms with van der Waals surface area (Å²) in [7, 11) is 0. The molecular weight excluding hydrogens is 450 g/mol. The fraction of sp³-hybridized carbons (Fsp3) is 0.267. The van der Waals surface area contributed by atoms with Crippen LogP contribution in [0.25, 0.3) is 0 Å². The Bertz CT molecular complexity index is 592. The highest BCUT2D eigenvalue weighted by atomic mass is 127. The summed E-state index contributed by atoms with van der Waals surface area (Å²) in [5.74, 6) is 0. The average Bonchev–Trinajstić information content (AvgIpc) is 2.43. The molecule has 5 heteroatoms. The molecule has 1 heterocycles. The number of hydrogen-bond acceptors (Lipinski definition) is 2. The van der Waals surface area contributed by atoms with Crippen LogP contribution in [0.5, 0.6) is 0 Å². The number of aromatic nitrogens is 1. The molecule has 0 fully saturated rings. The predicted molar refractivity (Wildman–Crippen MR) is 96.2 cm³/mol. The van der Waals surface area contributed by atoms with Crippen molar-refractivity contribution in [3.8, 4) is 0 Å². The van der Waals surface area contributed by atoms with Crippen LogP contribution < -0.4 is 5.32 Å². The fourth-order valence-corrected chi connectivity index (χ4v) is 3.40. The molecule has 20 heavy (non-hydrogen) atoms. The molecule has 1 unspecified atom stereocenters. The second kappa shape index (κ2) is 7.73. The Morgan fingerprint density at radius 2 is 2.20 bits per heavy atom. The topological polar surface area (TPSA) is 24.9 Å². The highest BCUT2D eigenvalue weighted by Gasteiger charge is 2.16. The quantitative estimate of drug-likeness (QED) is 0.629.